The molecule has 114 valence electrons. The SMILES string of the molecule is CCOC(=O)c1ccnc(NC(=O)c2ccc(Cl)c(Cl)c2)c1. The number of anilines is 1. The Balaban J connectivity index is 2.16. The number of hydrogen-bond acceptors (Lipinski definition) is 4. The third-order valence-electron chi connectivity index (χ3n) is 2.69. The molecule has 0 aliphatic heterocycles. The molecule has 22 heavy (non-hydrogen) atoms. The van der Waals surface area contributed by atoms with Crippen LogP contribution in [0.15, 0.2) is 36.5 Å². The van der Waals surface area contributed by atoms with Crippen molar-refractivity contribution in [2.45, 2.75) is 6.92 Å². The number of hydrogen-bond donors (Lipinski definition) is 1. The van der Waals surface area contributed by atoms with E-state index >= 15 is 0 Å². The monoisotopic (exact) mass is 338 g/mol. The molecular formula is C15H12Cl2N2O3. The Morgan fingerprint density at radius 3 is 2.59 bits per heavy atom. The fraction of sp³-hybridized carbons (Fsp3) is 0.133. The van der Waals surface area contributed by atoms with Gasteiger partial charge >= 0.3 is 5.97 Å². The highest BCUT2D eigenvalue weighted by atomic mass is 35.5. The lowest BCUT2D eigenvalue weighted by atomic mass is 10.2. The van der Waals surface area contributed by atoms with Crippen LogP contribution in [0, 0.1) is 0 Å². The molecule has 0 aliphatic rings. The normalized spacial score (nSPS) is 10.1. The van der Waals surface area contributed by atoms with Crippen LogP contribution in [0.1, 0.15) is 27.6 Å². The van der Waals surface area contributed by atoms with Crippen molar-refractivity contribution in [3.05, 3.63) is 57.7 Å². The van der Waals surface area contributed by atoms with Crippen LogP contribution < -0.4 is 5.32 Å². The minimum absolute atomic E-state index is 0.238. The standard InChI is InChI=1S/C15H12Cl2N2O3/c1-2-22-15(21)10-5-6-18-13(8-10)19-14(20)9-3-4-11(16)12(17)7-9/h3-8H,2H2,1H3,(H,18,19,20). The van der Waals surface area contributed by atoms with Gasteiger partial charge in [0.15, 0.2) is 0 Å². The van der Waals surface area contributed by atoms with Crippen LogP contribution in [0.2, 0.25) is 10.0 Å². The van der Waals surface area contributed by atoms with Gasteiger partial charge in [-0.25, -0.2) is 9.78 Å². The van der Waals surface area contributed by atoms with Crippen molar-refractivity contribution in [1.82, 2.24) is 4.98 Å². The molecular weight excluding hydrogens is 327 g/mol. The van der Waals surface area contributed by atoms with Crippen molar-refractivity contribution in [2.75, 3.05) is 11.9 Å². The molecule has 2 rings (SSSR count). The number of amides is 1. The van der Waals surface area contributed by atoms with E-state index in [0.717, 1.165) is 0 Å². The Bertz CT molecular complexity index is 720. The van der Waals surface area contributed by atoms with E-state index in [1.807, 2.05) is 0 Å². The van der Waals surface area contributed by atoms with E-state index in [4.69, 9.17) is 27.9 Å². The van der Waals surface area contributed by atoms with Gasteiger partial charge in [-0.1, -0.05) is 23.2 Å². The third kappa shape index (κ3) is 3.96. The lowest BCUT2D eigenvalue weighted by Gasteiger charge is -2.07. The number of carbonyl (C=O) groups excluding carboxylic acids is 2. The summed E-state index contributed by atoms with van der Waals surface area (Å²) in [5.41, 5.74) is 0.638. The smallest absolute Gasteiger partial charge is 0.338 e. The zero-order valence-corrected chi connectivity index (χ0v) is 13.1. The first-order chi connectivity index (χ1) is 10.5. The fourth-order valence-electron chi connectivity index (χ4n) is 1.67. The number of halogens is 2. The zero-order chi connectivity index (χ0) is 16.1. The largest absolute Gasteiger partial charge is 0.462 e. The second-order valence-corrected chi connectivity index (χ2v) is 5.05. The van der Waals surface area contributed by atoms with E-state index in [2.05, 4.69) is 10.3 Å². The number of pyridine rings is 1. The predicted molar refractivity (Wildman–Crippen MR) is 84.6 cm³/mol. The summed E-state index contributed by atoms with van der Waals surface area (Å²) >= 11 is 11.7. The lowest BCUT2D eigenvalue weighted by molar-refractivity contribution is 0.0526. The van der Waals surface area contributed by atoms with Crippen molar-refractivity contribution in [3.63, 3.8) is 0 Å². The molecule has 1 amide bonds. The summed E-state index contributed by atoms with van der Waals surface area (Å²) in [6.07, 6.45) is 1.41. The van der Waals surface area contributed by atoms with Gasteiger partial charge in [-0.2, -0.15) is 0 Å². The predicted octanol–water partition coefficient (Wildman–Crippen LogP) is 3.82. The molecule has 7 heteroatoms. The molecule has 0 radical (unpaired) electrons. The zero-order valence-electron chi connectivity index (χ0n) is 11.6. The summed E-state index contributed by atoms with van der Waals surface area (Å²) in [6.45, 7) is 1.98. The van der Waals surface area contributed by atoms with Crippen LogP contribution in [0.3, 0.4) is 0 Å². The maximum absolute atomic E-state index is 12.1. The van der Waals surface area contributed by atoms with Gasteiger partial charge in [0.05, 0.1) is 22.2 Å². The average molecular weight is 339 g/mol. The number of nitrogens with one attached hydrogen (secondary N) is 1. The minimum Gasteiger partial charge on any atom is -0.462 e. The number of nitrogens with zero attached hydrogens (tertiary/aromatic N) is 1. The molecule has 0 unspecified atom stereocenters. The van der Waals surface area contributed by atoms with E-state index in [0.29, 0.717) is 16.1 Å². The number of carbonyl (C=O) groups is 2. The Kier molecular flexibility index (Phi) is 5.35. The molecule has 1 aromatic carbocycles. The average Bonchev–Trinajstić information content (AvgIpc) is 2.50. The molecule has 0 bridgehead atoms. The Labute approximate surface area is 137 Å². The molecule has 2 aromatic rings. The van der Waals surface area contributed by atoms with Crippen molar-refractivity contribution in [2.24, 2.45) is 0 Å². The molecule has 1 heterocycles. The molecule has 0 spiro atoms. The van der Waals surface area contributed by atoms with Crippen LogP contribution in [0.25, 0.3) is 0 Å². The number of rotatable bonds is 4. The van der Waals surface area contributed by atoms with Gasteiger partial charge in [0.2, 0.25) is 0 Å². The van der Waals surface area contributed by atoms with Gasteiger partial charge in [0.1, 0.15) is 5.82 Å². The van der Waals surface area contributed by atoms with Crippen molar-refractivity contribution >= 4 is 40.9 Å². The maximum Gasteiger partial charge on any atom is 0.338 e. The minimum atomic E-state index is -0.477. The second kappa shape index (κ2) is 7.24. The topological polar surface area (TPSA) is 68.3 Å². The molecule has 1 N–H and O–H groups in total. The quantitative estimate of drug-likeness (QED) is 0.860. The highest BCUT2D eigenvalue weighted by Gasteiger charge is 2.12. The Morgan fingerprint density at radius 2 is 1.91 bits per heavy atom. The fourth-order valence-corrected chi connectivity index (χ4v) is 1.96. The van der Waals surface area contributed by atoms with E-state index in [1.165, 1.54) is 30.5 Å². The van der Waals surface area contributed by atoms with Crippen LogP contribution >= 0.6 is 23.2 Å². The first kappa shape index (κ1) is 16.3. The van der Waals surface area contributed by atoms with Crippen molar-refractivity contribution in [3.8, 4) is 0 Å². The highest BCUT2D eigenvalue weighted by Crippen LogP contribution is 2.23. The van der Waals surface area contributed by atoms with Gasteiger partial charge < -0.3 is 10.1 Å². The van der Waals surface area contributed by atoms with Crippen LogP contribution in [-0.2, 0) is 4.74 Å². The van der Waals surface area contributed by atoms with Gasteiger partial charge in [-0.15, -0.1) is 0 Å². The van der Waals surface area contributed by atoms with E-state index in [-0.39, 0.29) is 17.4 Å². The summed E-state index contributed by atoms with van der Waals surface area (Å²) in [5, 5.41) is 3.22. The number of ether oxygens (including phenoxy) is 1. The van der Waals surface area contributed by atoms with E-state index in [1.54, 1.807) is 13.0 Å². The van der Waals surface area contributed by atoms with Crippen LogP contribution in [0.5, 0.6) is 0 Å². The number of aromatic nitrogens is 1. The number of esters is 1. The molecule has 0 aliphatic carbocycles. The van der Waals surface area contributed by atoms with Gasteiger partial charge in [-0.05, 0) is 37.3 Å². The molecule has 0 saturated heterocycles. The lowest BCUT2D eigenvalue weighted by Crippen LogP contribution is -2.14. The summed E-state index contributed by atoms with van der Waals surface area (Å²) in [5.74, 6) is -0.649. The van der Waals surface area contributed by atoms with Crippen LogP contribution in [0.4, 0.5) is 5.82 Å². The van der Waals surface area contributed by atoms with E-state index < -0.39 is 11.9 Å². The molecule has 0 fully saturated rings. The van der Waals surface area contributed by atoms with Crippen molar-refractivity contribution in [1.29, 1.82) is 0 Å². The third-order valence-corrected chi connectivity index (χ3v) is 3.43. The summed E-state index contributed by atoms with van der Waals surface area (Å²) in [7, 11) is 0. The highest BCUT2D eigenvalue weighted by molar-refractivity contribution is 6.42. The van der Waals surface area contributed by atoms with Gasteiger partial charge in [0, 0.05) is 11.8 Å². The van der Waals surface area contributed by atoms with E-state index in [9.17, 15) is 9.59 Å². The first-order valence-electron chi connectivity index (χ1n) is 6.41. The van der Waals surface area contributed by atoms with Crippen LogP contribution in [-0.4, -0.2) is 23.5 Å². The Morgan fingerprint density at radius 1 is 1.14 bits per heavy atom. The molecule has 0 saturated carbocycles. The summed E-state index contributed by atoms with van der Waals surface area (Å²) in [6, 6.07) is 7.47. The molecule has 5 nitrogen and oxygen atoms in total. The summed E-state index contributed by atoms with van der Waals surface area (Å²) in [4.78, 5) is 27.7. The second-order valence-electron chi connectivity index (χ2n) is 4.23. The van der Waals surface area contributed by atoms with Gasteiger partial charge in [0.25, 0.3) is 5.91 Å². The molecule has 1 aromatic heterocycles. The Hall–Kier alpha value is -2.11. The number of benzene rings is 1. The summed E-state index contributed by atoms with van der Waals surface area (Å²) < 4.78 is 4.89. The molecule has 0 atom stereocenters. The first-order valence-corrected chi connectivity index (χ1v) is 7.16. The maximum atomic E-state index is 12.1. The van der Waals surface area contributed by atoms with Gasteiger partial charge in [-0.3, -0.25) is 4.79 Å². The van der Waals surface area contributed by atoms with Crippen molar-refractivity contribution < 1.29 is 14.3 Å².